The molecule has 0 aromatic heterocycles. The van der Waals surface area contributed by atoms with Gasteiger partial charge in [-0.15, -0.1) is 0 Å². The summed E-state index contributed by atoms with van der Waals surface area (Å²) in [5, 5.41) is 9.61. The van der Waals surface area contributed by atoms with Gasteiger partial charge in [-0.3, -0.25) is 0 Å². The molecular formula is C21H27NO. The zero-order valence-electron chi connectivity index (χ0n) is 13.9. The van der Waals surface area contributed by atoms with Crippen molar-refractivity contribution in [2.75, 3.05) is 13.1 Å². The van der Waals surface area contributed by atoms with Crippen molar-refractivity contribution in [1.29, 1.82) is 0 Å². The summed E-state index contributed by atoms with van der Waals surface area (Å²) in [6.45, 7) is 6.02. The van der Waals surface area contributed by atoms with Crippen LogP contribution >= 0.6 is 0 Å². The number of nitrogens with zero attached hydrogens (tertiary/aromatic N) is 1. The van der Waals surface area contributed by atoms with Gasteiger partial charge in [-0.05, 0) is 43.4 Å². The van der Waals surface area contributed by atoms with Gasteiger partial charge >= 0.3 is 0 Å². The summed E-state index contributed by atoms with van der Waals surface area (Å²) in [4.78, 5) is 2.27. The van der Waals surface area contributed by atoms with Crippen LogP contribution in [0.15, 0.2) is 30.8 Å². The first kappa shape index (κ1) is 16.1. The van der Waals surface area contributed by atoms with Crippen molar-refractivity contribution in [2.24, 2.45) is 5.92 Å². The molecule has 0 radical (unpaired) electrons. The third-order valence-corrected chi connectivity index (χ3v) is 5.09. The summed E-state index contributed by atoms with van der Waals surface area (Å²) in [6.07, 6.45) is 8.11. The van der Waals surface area contributed by atoms with Gasteiger partial charge in [0.15, 0.2) is 0 Å². The number of aliphatic hydroxyl groups is 1. The summed E-state index contributed by atoms with van der Waals surface area (Å²) in [6, 6.07) is 8.46. The lowest BCUT2D eigenvalue weighted by atomic mass is 9.89. The third kappa shape index (κ3) is 4.39. The van der Waals surface area contributed by atoms with E-state index in [4.69, 9.17) is 0 Å². The number of likely N-dealkylation sites (tertiary alicyclic amines) is 1. The zero-order valence-corrected chi connectivity index (χ0v) is 13.9. The highest BCUT2D eigenvalue weighted by molar-refractivity contribution is 5.62. The number of rotatable bonds is 2. The maximum Gasteiger partial charge on any atom is 0.0574 e. The summed E-state index contributed by atoms with van der Waals surface area (Å²) < 4.78 is 0. The molecule has 2 heteroatoms. The molecule has 1 saturated carbocycles. The molecular weight excluding hydrogens is 282 g/mol. The van der Waals surface area contributed by atoms with Crippen LogP contribution in [0.2, 0.25) is 0 Å². The van der Waals surface area contributed by atoms with Crippen LogP contribution in [0, 0.1) is 17.8 Å². The van der Waals surface area contributed by atoms with Crippen LogP contribution in [-0.2, 0) is 0 Å². The van der Waals surface area contributed by atoms with Gasteiger partial charge in [0.2, 0.25) is 0 Å². The molecule has 122 valence electrons. The lowest BCUT2D eigenvalue weighted by Gasteiger charge is -2.33. The summed E-state index contributed by atoms with van der Waals surface area (Å²) in [5.41, 5.74) is 3.31. The Morgan fingerprint density at radius 3 is 2.30 bits per heavy atom. The second-order valence-corrected chi connectivity index (χ2v) is 6.85. The molecule has 1 heterocycles. The van der Waals surface area contributed by atoms with E-state index in [1.54, 1.807) is 0 Å². The second kappa shape index (κ2) is 7.70. The minimum absolute atomic E-state index is 0.142. The molecule has 1 aromatic carbocycles. The predicted molar refractivity (Wildman–Crippen MR) is 95.7 cm³/mol. The largest absolute Gasteiger partial charge is 0.393 e. The Morgan fingerprint density at radius 1 is 1.00 bits per heavy atom. The third-order valence-electron chi connectivity index (χ3n) is 5.09. The lowest BCUT2D eigenvalue weighted by molar-refractivity contribution is 0.106. The molecule has 23 heavy (non-hydrogen) atoms. The van der Waals surface area contributed by atoms with Crippen LogP contribution < -0.4 is 0 Å². The average Bonchev–Trinajstić information content (AvgIpc) is 2.61. The van der Waals surface area contributed by atoms with Gasteiger partial charge in [0, 0.05) is 30.3 Å². The molecule has 1 aromatic rings. The van der Waals surface area contributed by atoms with E-state index in [-0.39, 0.29) is 6.10 Å². The SMILES string of the molecule is C=C(c1ccc(C#CC2CCCCC2)cc1)N1CCC(O)CC1. The molecule has 3 rings (SSSR count). The Bertz CT molecular complexity index is 579. The van der Waals surface area contributed by atoms with Crippen molar-refractivity contribution in [3.8, 4) is 11.8 Å². The highest BCUT2D eigenvalue weighted by atomic mass is 16.3. The maximum absolute atomic E-state index is 9.61. The minimum atomic E-state index is -0.142. The average molecular weight is 309 g/mol. The quantitative estimate of drug-likeness (QED) is 0.833. The molecule has 0 atom stereocenters. The molecule has 2 aliphatic rings. The van der Waals surface area contributed by atoms with E-state index in [2.05, 4.69) is 47.6 Å². The van der Waals surface area contributed by atoms with Crippen molar-refractivity contribution in [3.05, 3.63) is 42.0 Å². The number of hydrogen-bond donors (Lipinski definition) is 1. The van der Waals surface area contributed by atoms with Gasteiger partial charge in [-0.1, -0.05) is 49.8 Å². The van der Waals surface area contributed by atoms with Crippen LogP contribution in [0.3, 0.4) is 0 Å². The van der Waals surface area contributed by atoms with Gasteiger partial charge in [0.25, 0.3) is 0 Å². The van der Waals surface area contributed by atoms with Crippen molar-refractivity contribution >= 4 is 5.70 Å². The molecule has 1 N–H and O–H groups in total. The van der Waals surface area contributed by atoms with Gasteiger partial charge < -0.3 is 10.0 Å². The highest BCUT2D eigenvalue weighted by Crippen LogP contribution is 2.24. The van der Waals surface area contributed by atoms with Crippen molar-refractivity contribution < 1.29 is 5.11 Å². The van der Waals surface area contributed by atoms with E-state index in [1.807, 2.05) is 0 Å². The van der Waals surface area contributed by atoms with Crippen LogP contribution in [-0.4, -0.2) is 29.2 Å². The predicted octanol–water partition coefficient (Wildman–Crippen LogP) is 4.05. The molecule has 1 aliphatic carbocycles. The van der Waals surface area contributed by atoms with Gasteiger partial charge in [0.1, 0.15) is 0 Å². The van der Waals surface area contributed by atoms with Crippen molar-refractivity contribution in [1.82, 2.24) is 4.90 Å². The Labute approximate surface area is 140 Å². The van der Waals surface area contributed by atoms with E-state index in [0.29, 0.717) is 5.92 Å². The molecule has 1 saturated heterocycles. The first-order valence-electron chi connectivity index (χ1n) is 8.96. The smallest absolute Gasteiger partial charge is 0.0574 e. The number of aliphatic hydroxyl groups excluding tert-OH is 1. The monoisotopic (exact) mass is 309 g/mol. The Balaban J connectivity index is 1.60. The molecule has 0 amide bonds. The number of benzene rings is 1. The van der Waals surface area contributed by atoms with E-state index in [1.165, 1.54) is 32.1 Å². The van der Waals surface area contributed by atoms with Crippen LogP contribution in [0.25, 0.3) is 5.70 Å². The van der Waals surface area contributed by atoms with E-state index in [0.717, 1.165) is 42.8 Å². The van der Waals surface area contributed by atoms with Crippen LogP contribution in [0.5, 0.6) is 0 Å². The summed E-state index contributed by atoms with van der Waals surface area (Å²) >= 11 is 0. The van der Waals surface area contributed by atoms with Crippen molar-refractivity contribution in [2.45, 2.75) is 51.0 Å². The summed E-state index contributed by atoms with van der Waals surface area (Å²) in [7, 11) is 0. The first-order valence-corrected chi connectivity index (χ1v) is 8.96. The van der Waals surface area contributed by atoms with E-state index in [9.17, 15) is 5.11 Å². The standard InChI is InChI=1S/C21H27NO/c1-17(22-15-13-21(23)14-16-22)20-11-9-19(10-12-20)8-7-18-5-3-2-4-6-18/h9-12,18,21,23H,1-6,13-16H2. The normalized spacial score (nSPS) is 20.0. The molecule has 0 unspecified atom stereocenters. The zero-order chi connectivity index (χ0) is 16.1. The molecule has 2 fully saturated rings. The fourth-order valence-electron chi connectivity index (χ4n) is 3.50. The molecule has 0 spiro atoms. The van der Waals surface area contributed by atoms with Crippen molar-refractivity contribution in [3.63, 3.8) is 0 Å². The second-order valence-electron chi connectivity index (χ2n) is 6.85. The molecule has 1 aliphatic heterocycles. The molecule has 2 nitrogen and oxygen atoms in total. The first-order chi connectivity index (χ1) is 11.2. The van der Waals surface area contributed by atoms with E-state index < -0.39 is 0 Å². The Morgan fingerprint density at radius 2 is 1.65 bits per heavy atom. The molecule has 0 bridgehead atoms. The van der Waals surface area contributed by atoms with Gasteiger partial charge in [-0.25, -0.2) is 0 Å². The number of piperidine rings is 1. The fourth-order valence-corrected chi connectivity index (χ4v) is 3.50. The topological polar surface area (TPSA) is 23.5 Å². The van der Waals surface area contributed by atoms with E-state index >= 15 is 0 Å². The lowest BCUT2D eigenvalue weighted by Crippen LogP contribution is -2.34. The minimum Gasteiger partial charge on any atom is -0.393 e. The number of hydrogen-bond acceptors (Lipinski definition) is 2. The summed E-state index contributed by atoms with van der Waals surface area (Å²) in [5.74, 6) is 7.38. The van der Waals surface area contributed by atoms with Crippen LogP contribution in [0.1, 0.15) is 56.1 Å². The maximum atomic E-state index is 9.61. The Hall–Kier alpha value is -1.72. The fraction of sp³-hybridized carbons (Fsp3) is 0.524. The highest BCUT2D eigenvalue weighted by Gasteiger charge is 2.18. The van der Waals surface area contributed by atoms with Crippen LogP contribution in [0.4, 0.5) is 0 Å². The van der Waals surface area contributed by atoms with Gasteiger partial charge in [0.05, 0.1) is 6.10 Å². The van der Waals surface area contributed by atoms with Gasteiger partial charge in [-0.2, -0.15) is 0 Å². The Kier molecular flexibility index (Phi) is 5.41.